The van der Waals surface area contributed by atoms with Gasteiger partial charge in [-0.3, -0.25) is 4.79 Å². The molecule has 0 aliphatic heterocycles. The number of hydrogen-bond donors (Lipinski definition) is 2. The van der Waals surface area contributed by atoms with E-state index in [0.717, 1.165) is 18.7 Å². The van der Waals surface area contributed by atoms with Gasteiger partial charge in [0.05, 0.1) is 12.1 Å². The largest absolute Gasteiger partial charge is 0.347 e. The molecule has 96 valence electrons. The summed E-state index contributed by atoms with van der Waals surface area (Å²) in [6.07, 6.45) is 3.19. The van der Waals surface area contributed by atoms with Gasteiger partial charge >= 0.3 is 0 Å². The van der Waals surface area contributed by atoms with Crippen LogP contribution >= 0.6 is 0 Å². The number of anilines is 1. The molecule has 0 radical (unpaired) electrons. The van der Waals surface area contributed by atoms with Gasteiger partial charge < -0.3 is 15.2 Å². The van der Waals surface area contributed by atoms with E-state index in [1.807, 2.05) is 18.2 Å². The van der Waals surface area contributed by atoms with Crippen molar-refractivity contribution >= 4 is 22.5 Å². The van der Waals surface area contributed by atoms with E-state index < -0.39 is 0 Å². The fourth-order valence-corrected chi connectivity index (χ4v) is 2.06. The zero-order chi connectivity index (χ0) is 13.0. The van der Waals surface area contributed by atoms with Crippen molar-refractivity contribution in [3.63, 3.8) is 0 Å². The van der Waals surface area contributed by atoms with Crippen molar-refractivity contribution in [2.45, 2.75) is 19.9 Å². The molecule has 0 spiro atoms. The molecule has 0 saturated heterocycles. The van der Waals surface area contributed by atoms with Gasteiger partial charge in [-0.25, -0.2) is 0 Å². The van der Waals surface area contributed by atoms with E-state index in [9.17, 15) is 4.79 Å². The average Bonchev–Trinajstić information content (AvgIpc) is 2.73. The molecule has 1 heterocycles. The number of nitrogens with zero attached hydrogens (tertiary/aromatic N) is 1. The SMILES string of the molecule is CCCn1ccc2ccc(NC(=O)CNC)cc21. The first-order chi connectivity index (χ1) is 8.74. The van der Waals surface area contributed by atoms with Crippen molar-refractivity contribution < 1.29 is 4.79 Å². The summed E-state index contributed by atoms with van der Waals surface area (Å²) in [5.74, 6) is -0.0227. The minimum Gasteiger partial charge on any atom is -0.347 e. The normalized spacial score (nSPS) is 10.8. The predicted octanol–water partition coefficient (Wildman–Crippen LogP) is 2.21. The van der Waals surface area contributed by atoms with Gasteiger partial charge in [-0.1, -0.05) is 13.0 Å². The molecule has 4 nitrogen and oxygen atoms in total. The summed E-state index contributed by atoms with van der Waals surface area (Å²) < 4.78 is 2.21. The zero-order valence-electron chi connectivity index (χ0n) is 10.9. The molecule has 0 bridgehead atoms. The molecule has 2 aromatic rings. The second kappa shape index (κ2) is 5.69. The molecule has 0 saturated carbocycles. The maximum Gasteiger partial charge on any atom is 0.238 e. The highest BCUT2D eigenvalue weighted by Crippen LogP contribution is 2.20. The second-order valence-corrected chi connectivity index (χ2v) is 4.36. The van der Waals surface area contributed by atoms with Crippen LogP contribution in [0.1, 0.15) is 13.3 Å². The van der Waals surface area contributed by atoms with Crippen LogP contribution in [-0.4, -0.2) is 24.1 Å². The topological polar surface area (TPSA) is 46.1 Å². The Morgan fingerprint density at radius 1 is 1.33 bits per heavy atom. The lowest BCUT2D eigenvalue weighted by Crippen LogP contribution is -2.25. The maximum atomic E-state index is 11.5. The molecule has 1 amide bonds. The third kappa shape index (κ3) is 2.71. The van der Waals surface area contributed by atoms with E-state index in [0.29, 0.717) is 6.54 Å². The quantitative estimate of drug-likeness (QED) is 0.848. The van der Waals surface area contributed by atoms with E-state index in [2.05, 4.69) is 34.4 Å². The minimum absolute atomic E-state index is 0.0227. The van der Waals surface area contributed by atoms with Crippen LogP contribution in [0.25, 0.3) is 10.9 Å². The number of aromatic nitrogens is 1. The van der Waals surface area contributed by atoms with Gasteiger partial charge in [-0.15, -0.1) is 0 Å². The third-order valence-corrected chi connectivity index (χ3v) is 2.86. The smallest absolute Gasteiger partial charge is 0.238 e. The highest BCUT2D eigenvalue weighted by molar-refractivity contribution is 5.94. The van der Waals surface area contributed by atoms with Crippen LogP contribution in [0.4, 0.5) is 5.69 Å². The standard InChI is InChI=1S/C14H19N3O/c1-3-7-17-8-6-11-4-5-12(9-13(11)17)16-14(18)10-15-2/h4-6,8-9,15H,3,7,10H2,1-2H3,(H,16,18). The fraction of sp³-hybridized carbons (Fsp3) is 0.357. The summed E-state index contributed by atoms with van der Waals surface area (Å²) in [6.45, 7) is 3.48. The highest BCUT2D eigenvalue weighted by Gasteiger charge is 2.04. The van der Waals surface area contributed by atoms with Crippen LogP contribution < -0.4 is 10.6 Å². The Morgan fingerprint density at radius 2 is 2.17 bits per heavy atom. The van der Waals surface area contributed by atoms with Gasteiger partial charge in [-0.2, -0.15) is 0 Å². The molecule has 2 rings (SSSR count). The number of benzene rings is 1. The second-order valence-electron chi connectivity index (χ2n) is 4.36. The van der Waals surface area contributed by atoms with Crippen molar-refractivity contribution in [1.82, 2.24) is 9.88 Å². The van der Waals surface area contributed by atoms with Crippen LogP contribution in [0.5, 0.6) is 0 Å². The Bertz CT molecular complexity index is 545. The summed E-state index contributed by atoms with van der Waals surface area (Å²) in [4.78, 5) is 11.5. The predicted molar refractivity (Wildman–Crippen MR) is 74.8 cm³/mol. The zero-order valence-corrected chi connectivity index (χ0v) is 10.9. The Kier molecular flexibility index (Phi) is 3.99. The molecule has 4 heteroatoms. The van der Waals surface area contributed by atoms with Gasteiger partial charge in [-0.05, 0) is 37.1 Å². The van der Waals surface area contributed by atoms with Gasteiger partial charge in [0, 0.05) is 18.4 Å². The summed E-state index contributed by atoms with van der Waals surface area (Å²) in [5.41, 5.74) is 2.01. The minimum atomic E-state index is -0.0227. The summed E-state index contributed by atoms with van der Waals surface area (Å²) in [7, 11) is 1.76. The van der Waals surface area contributed by atoms with Crippen LogP contribution in [0.3, 0.4) is 0 Å². The number of amides is 1. The van der Waals surface area contributed by atoms with Crippen molar-refractivity contribution in [2.75, 3.05) is 18.9 Å². The molecule has 0 unspecified atom stereocenters. The molecule has 1 aromatic carbocycles. The molecule has 2 N–H and O–H groups in total. The number of fused-ring (bicyclic) bond motifs is 1. The number of rotatable bonds is 5. The van der Waals surface area contributed by atoms with E-state index in [1.165, 1.54) is 10.9 Å². The van der Waals surface area contributed by atoms with E-state index in [1.54, 1.807) is 7.05 Å². The Morgan fingerprint density at radius 3 is 2.89 bits per heavy atom. The number of carbonyl (C=O) groups excluding carboxylic acids is 1. The van der Waals surface area contributed by atoms with Crippen molar-refractivity contribution in [3.8, 4) is 0 Å². The average molecular weight is 245 g/mol. The molecule has 0 atom stereocenters. The molecule has 0 aliphatic rings. The Hall–Kier alpha value is -1.81. The van der Waals surface area contributed by atoms with Crippen LogP contribution in [0, 0.1) is 0 Å². The first kappa shape index (κ1) is 12.6. The monoisotopic (exact) mass is 245 g/mol. The Labute approximate surface area is 107 Å². The first-order valence-corrected chi connectivity index (χ1v) is 6.28. The summed E-state index contributed by atoms with van der Waals surface area (Å²) in [6, 6.07) is 8.10. The number of aryl methyl sites for hydroxylation is 1. The van der Waals surface area contributed by atoms with Crippen LogP contribution in [-0.2, 0) is 11.3 Å². The van der Waals surface area contributed by atoms with E-state index in [4.69, 9.17) is 0 Å². The first-order valence-electron chi connectivity index (χ1n) is 6.28. The third-order valence-electron chi connectivity index (χ3n) is 2.86. The van der Waals surface area contributed by atoms with Crippen LogP contribution in [0.15, 0.2) is 30.5 Å². The fourth-order valence-electron chi connectivity index (χ4n) is 2.06. The molecular formula is C14H19N3O. The van der Waals surface area contributed by atoms with Crippen molar-refractivity contribution in [3.05, 3.63) is 30.5 Å². The summed E-state index contributed by atoms with van der Waals surface area (Å²) in [5, 5.41) is 6.92. The van der Waals surface area contributed by atoms with Gasteiger partial charge in [0.2, 0.25) is 5.91 Å². The number of nitrogens with one attached hydrogen (secondary N) is 2. The van der Waals surface area contributed by atoms with Gasteiger partial charge in [0.25, 0.3) is 0 Å². The lowest BCUT2D eigenvalue weighted by molar-refractivity contribution is -0.115. The van der Waals surface area contributed by atoms with E-state index >= 15 is 0 Å². The lowest BCUT2D eigenvalue weighted by Gasteiger charge is -2.07. The van der Waals surface area contributed by atoms with E-state index in [-0.39, 0.29) is 5.91 Å². The maximum absolute atomic E-state index is 11.5. The van der Waals surface area contributed by atoms with Crippen molar-refractivity contribution in [2.24, 2.45) is 0 Å². The molecular weight excluding hydrogens is 226 g/mol. The lowest BCUT2D eigenvalue weighted by atomic mass is 10.2. The number of hydrogen-bond acceptors (Lipinski definition) is 2. The molecule has 0 aliphatic carbocycles. The van der Waals surface area contributed by atoms with Gasteiger partial charge in [0.15, 0.2) is 0 Å². The highest BCUT2D eigenvalue weighted by atomic mass is 16.1. The number of likely N-dealkylation sites (N-methyl/N-ethyl adjacent to an activating group) is 1. The van der Waals surface area contributed by atoms with Gasteiger partial charge in [0.1, 0.15) is 0 Å². The van der Waals surface area contributed by atoms with Crippen LogP contribution in [0.2, 0.25) is 0 Å². The molecule has 18 heavy (non-hydrogen) atoms. The molecule has 1 aromatic heterocycles. The molecule has 0 fully saturated rings. The summed E-state index contributed by atoms with van der Waals surface area (Å²) >= 11 is 0. The Balaban J connectivity index is 2.24. The van der Waals surface area contributed by atoms with Crippen molar-refractivity contribution in [1.29, 1.82) is 0 Å². The number of carbonyl (C=O) groups is 1.